The zero-order valence-corrected chi connectivity index (χ0v) is 7.54. The molecular formula is C9H13NO3. The Morgan fingerprint density at radius 3 is 3.00 bits per heavy atom. The van der Waals surface area contributed by atoms with Crippen molar-refractivity contribution in [2.75, 3.05) is 0 Å². The SMILES string of the molecule is CCCCc1ccc(C(=O)NO)o1. The van der Waals surface area contributed by atoms with Gasteiger partial charge in [0.25, 0.3) is 0 Å². The maximum Gasteiger partial charge on any atom is 0.310 e. The molecule has 0 fully saturated rings. The molecular weight excluding hydrogens is 170 g/mol. The fourth-order valence-corrected chi connectivity index (χ4v) is 1.04. The summed E-state index contributed by atoms with van der Waals surface area (Å²) in [7, 11) is 0. The van der Waals surface area contributed by atoms with E-state index in [1.807, 2.05) is 0 Å². The van der Waals surface area contributed by atoms with Crippen LogP contribution in [0.25, 0.3) is 0 Å². The molecule has 0 atom stereocenters. The highest BCUT2D eigenvalue weighted by molar-refractivity contribution is 5.90. The van der Waals surface area contributed by atoms with Crippen molar-refractivity contribution in [1.82, 2.24) is 5.48 Å². The smallest absolute Gasteiger partial charge is 0.310 e. The van der Waals surface area contributed by atoms with Crippen LogP contribution in [0.3, 0.4) is 0 Å². The van der Waals surface area contributed by atoms with Gasteiger partial charge in [-0.05, 0) is 18.6 Å². The van der Waals surface area contributed by atoms with Crippen LogP contribution in [0.4, 0.5) is 0 Å². The van der Waals surface area contributed by atoms with E-state index in [1.165, 1.54) is 5.48 Å². The van der Waals surface area contributed by atoms with E-state index in [-0.39, 0.29) is 5.76 Å². The fraction of sp³-hybridized carbons (Fsp3) is 0.444. The van der Waals surface area contributed by atoms with Crippen molar-refractivity contribution in [2.45, 2.75) is 26.2 Å². The van der Waals surface area contributed by atoms with E-state index < -0.39 is 5.91 Å². The minimum Gasteiger partial charge on any atom is -0.456 e. The van der Waals surface area contributed by atoms with Gasteiger partial charge in [0.15, 0.2) is 5.76 Å². The minimum atomic E-state index is -0.609. The Labute approximate surface area is 76.5 Å². The average Bonchev–Trinajstić information content (AvgIpc) is 2.62. The first-order valence-corrected chi connectivity index (χ1v) is 4.31. The molecule has 1 rings (SSSR count). The predicted molar refractivity (Wildman–Crippen MR) is 46.6 cm³/mol. The van der Waals surface area contributed by atoms with Crippen LogP contribution in [0.5, 0.6) is 0 Å². The highest BCUT2D eigenvalue weighted by Crippen LogP contribution is 2.10. The summed E-state index contributed by atoms with van der Waals surface area (Å²) in [6.07, 6.45) is 2.95. The summed E-state index contributed by atoms with van der Waals surface area (Å²) in [6, 6.07) is 3.30. The fourth-order valence-electron chi connectivity index (χ4n) is 1.04. The van der Waals surface area contributed by atoms with Gasteiger partial charge in [-0.25, -0.2) is 5.48 Å². The Hall–Kier alpha value is -1.29. The number of carbonyl (C=O) groups is 1. The Morgan fingerprint density at radius 2 is 2.38 bits per heavy atom. The molecule has 13 heavy (non-hydrogen) atoms. The van der Waals surface area contributed by atoms with Crippen LogP contribution in [0, 0.1) is 0 Å². The average molecular weight is 183 g/mol. The molecule has 1 aromatic heterocycles. The molecule has 1 heterocycles. The number of carbonyl (C=O) groups excluding carboxylic acids is 1. The molecule has 0 bridgehead atoms. The molecule has 0 radical (unpaired) electrons. The molecule has 0 saturated carbocycles. The standard InChI is InChI=1S/C9H13NO3/c1-2-3-4-7-5-6-8(13-7)9(11)10-12/h5-6,12H,2-4H2,1H3,(H,10,11). The van der Waals surface area contributed by atoms with E-state index in [0.29, 0.717) is 0 Å². The van der Waals surface area contributed by atoms with Gasteiger partial charge in [0.2, 0.25) is 0 Å². The number of hydroxylamine groups is 1. The summed E-state index contributed by atoms with van der Waals surface area (Å²) in [5.41, 5.74) is 1.52. The van der Waals surface area contributed by atoms with Crippen LogP contribution in [0.15, 0.2) is 16.5 Å². The third-order valence-corrected chi connectivity index (χ3v) is 1.76. The number of hydrogen-bond acceptors (Lipinski definition) is 3. The lowest BCUT2D eigenvalue weighted by atomic mass is 10.2. The molecule has 4 nitrogen and oxygen atoms in total. The summed E-state index contributed by atoms with van der Waals surface area (Å²) in [5.74, 6) is 0.316. The van der Waals surface area contributed by atoms with Gasteiger partial charge in [0.05, 0.1) is 0 Å². The lowest BCUT2D eigenvalue weighted by Crippen LogP contribution is -2.17. The van der Waals surface area contributed by atoms with E-state index in [9.17, 15) is 4.79 Å². The van der Waals surface area contributed by atoms with Crippen LogP contribution < -0.4 is 5.48 Å². The third-order valence-electron chi connectivity index (χ3n) is 1.76. The first-order chi connectivity index (χ1) is 6.27. The first kappa shape index (κ1) is 9.80. The molecule has 1 amide bonds. The van der Waals surface area contributed by atoms with Crippen molar-refractivity contribution >= 4 is 5.91 Å². The van der Waals surface area contributed by atoms with E-state index in [1.54, 1.807) is 12.1 Å². The van der Waals surface area contributed by atoms with Crippen molar-refractivity contribution in [3.63, 3.8) is 0 Å². The number of unbranched alkanes of at least 4 members (excludes halogenated alkanes) is 1. The molecule has 0 spiro atoms. The number of aryl methyl sites for hydroxylation is 1. The number of amides is 1. The predicted octanol–water partition coefficient (Wildman–Crippen LogP) is 1.74. The summed E-state index contributed by atoms with van der Waals surface area (Å²) >= 11 is 0. The molecule has 0 aliphatic carbocycles. The lowest BCUT2D eigenvalue weighted by Gasteiger charge is -1.94. The third kappa shape index (κ3) is 2.59. The first-order valence-electron chi connectivity index (χ1n) is 4.31. The molecule has 0 aromatic carbocycles. The second kappa shape index (κ2) is 4.67. The quantitative estimate of drug-likeness (QED) is 0.552. The normalized spacial score (nSPS) is 10.0. The van der Waals surface area contributed by atoms with Gasteiger partial charge in [-0.1, -0.05) is 13.3 Å². The van der Waals surface area contributed by atoms with E-state index in [2.05, 4.69) is 6.92 Å². The maximum absolute atomic E-state index is 10.8. The van der Waals surface area contributed by atoms with Crippen molar-refractivity contribution in [3.05, 3.63) is 23.7 Å². The van der Waals surface area contributed by atoms with Crippen LogP contribution in [0.2, 0.25) is 0 Å². The van der Waals surface area contributed by atoms with Gasteiger partial charge < -0.3 is 4.42 Å². The van der Waals surface area contributed by atoms with Crippen LogP contribution >= 0.6 is 0 Å². The van der Waals surface area contributed by atoms with Gasteiger partial charge in [-0.3, -0.25) is 10.0 Å². The van der Waals surface area contributed by atoms with Crippen LogP contribution in [0.1, 0.15) is 36.1 Å². The Bertz CT molecular complexity index is 280. The number of nitrogens with one attached hydrogen (secondary N) is 1. The second-order valence-corrected chi connectivity index (χ2v) is 2.81. The van der Waals surface area contributed by atoms with E-state index in [4.69, 9.17) is 9.62 Å². The number of rotatable bonds is 4. The van der Waals surface area contributed by atoms with Crippen LogP contribution in [-0.4, -0.2) is 11.1 Å². The van der Waals surface area contributed by atoms with Gasteiger partial charge in [0, 0.05) is 6.42 Å². The van der Waals surface area contributed by atoms with Crippen molar-refractivity contribution in [2.24, 2.45) is 0 Å². The zero-order chi connectivity index (χ0) is 9.68. The Morgan fingerprint density at radius 1 is 1.62 bits per heavy atom. The van der Waals surface area contributed by atoms with E-state index in [0.717, 1.165) is 25.0 Å². The largest absolute Gasteiger partial charge is 0.456 e. The zero-order valence-electron chi connectivity index (χ0n) is 7.54. The molecule has 1 aromatic rings. The van der Waals surface area contributed by atoms with Gasteiger partial charge in [0.1, 0.15) is 5.76 Å². The lowest BCUT2D eigenvalue weighted by molar-refractivity contribution is 0.0674. The summed E-state index contributed by atoms with van der Waals surface area (Å²) in [5, 5.41) is 8.31. The Balaban J connectivity index is 2.58. The monoisotopic (exact) mass is 183 g/mol. The van der Waals surface area contributed by atoms with Gasteiger partial charge in [-0.2, -0.15) is 0 Å². The Kier molecular flexibility index (Phi) is 3.52. The van der Waals surface area contributed by atoms with Crippen molar-refractivity contribution in [3.8, 4) is 0 Å². The molecule has 0 saturated heterocycles. The topological polar surface area (TPSA) is 62.5 Å². The molecule has 0 aliphatic heterocycles. The van der Waals surface area contributed by atoms with Crippen molar-refractivity contribution in [1.29, 1.82) is 0 Å². The minimum absolute atomic E-state index is 0.147. The van der Waals surface area contributed by atoms with Gasteiger partial charge >= 0.3 is 5.91 Å². The molecule has 2 N–H and O–H groups in total. The van der Waals surface area contributed by atoms with Gasteiger partial charge in [-0.15, -0.1) is 0 Å². The highest BCUT2D eigenvalue weighted by atomic mass is 16.5. The molecule has 0 aliphatic rings. The summed E-state index contributed by atoms with van der Waals surface area (Å²) in [4.78, 5) is 10.8. The summed E-state index contributed by atoms with van der Waals surface area (Å²) in [6.45, 7) is 2.09. The summed E-state index contributed by atoms with van der Waals surface area (Å²) < 4.78 is 5.17. The van der Waals surface area contributed by atoms with E-state index >= 15 is 0 Å². The molecule has 4 heteroatoms. The second-order valence-electron chi connectivity index (χ2n) is 2.81. The van der Waals surface area contributed by atoms with Crippen LogP contribution in [-0.2, 0) is 6.42 Å². The highest BCUT2D eigenvalue weighted by Gasteiger charge is 2.08. The molecule has 0 unspecified atom stereocenters. The number of furan rings is 1. The molecule has 72 valence electrons. The number of hydrogen-bond donors (Lipinski definition) is 2. The van der Waals surface area contributed by atoms with Crippen molar-refractivity contribution < 1.29 is 14.4 Å². The maximum atomic E-state index is 10.8.